The molecule has 1 amide bonds. The van der Waals surface area contributed by atoms with E-state index in [-0.39, 0.29) is 23.6 Å². The Morgan fingerprint density at radius 1 is 1.26 bits per heavy atom. The molecular formula is C16H18F3N3O. The van der Waals surface area contributed by atoms with Crippen LogP contribution in [0.2, 0.25) is 0 Å². The monoisotopic (exact) mass is 325 g/mol. The minimum atomic E-state index is -4.44. The lowest BCUT2D eigenvalue weighted by atomic mass is 10.1. The summed E-state index contributed by atoms with van der Waals surface area (Å²) in [5.74, 6) is -0.374. The molecule has 0 aliphatic heterocycles. The van der Waals surface area contributed by atoms with E-state index in [1.165, 1.54) is 19.1 Å². The van der Waals surface area contributed by atoms with E-state index in [1.54, 1.807) is 18.7 Å². The summed E-state index contributed by atoms with van der Waals surface area (Å²) in [6, 6.07) is 3.76. The highest BCUT2D eigenvalue weighted by molar-refractivity contribution is 5.92. The van der Waals surface area contributed by atoms with Gasteiger partial charge in [-0.2, -0.15) is 18.3 Å². The largest absolute Gasteiger partial charge is 0.416 e. The van der Waals surface area contributed by atoms with Gasteiger partial charge in [0.15, 0.2) is 0 Å². The van der Waals surface area contributed by atoms with Crippen molar-refractivity contribution in [2.24, 2.45) is 7.05 Å². The minimum Gasteiger partial charge on any atom is -0.326 e. The highest BCUT2D eigenvalue weighted by atomic mass is 19.4. The van der Waals surface area contributed by atoms with Gasteiger partial charge in [0.1, 0.15) is 0 Å². The van der Waals surface area contributed by atoms with Crippen molar-refractivity contribution in [3.63, 3.8) is 0 Å². The highest BCUT2D eigenvalue weighted by Crippen LogP contribution is 2.33. The van der Waals surface area contributed by atoms with Crippen molar-refractivity contribution in [1.29, 1.82) is 0 Å². The number of nitrogens with zero attached hydrogens (tertiary/aromatic N) is 2. The van der Waals surface area contributed by atoms with Gasteiger partial charge in [0, 0.05) is 24.0 Å². The van der Waals surface area contributed by atoms with Gasteiger partial charge in [-0.3, -0.25) is 9.48 Å². The first-order valence-electron chi connectivity index (χ1n) is 7.06. The van der Waals surface area contributed by atoms with Crippen molar-refractivity contribution in [2.75, 3.05) is 5.32 Å². The average Bonchev–Trinajstić information content (AvgIpc) is 2.66. The van der Waals surface area contributed by atoms with Crippen molar-refractivity contribution in [1.82, 2.24) is 9.78 Å². The molecule has 0 unspecified atom stereocenters. The summed E-state index contributed by atoms with van der Waals surface area (Å²) in [6.07, 6.45) is -4.37. The summed E-state index contributed by atoms with van der Waals surface area (Å²) >= 11 is 0. The molecule has 1 N–H and O–H groups in total. The number of aryl methyl sites for hydroxylation is 3. The van der Waals surface area contributed by atoms with Crippen LogP contribution in [0.3, 0.4) is 0 Å². The molecule has 7 heteroatoms. The molecule has 0 saturated heterocycles. The molecule has 0 spiro atoms. The summed E-state index contributed by atoms with van der Waals surface area (Å²) in [4.78, 5) is 12.1. The predicted octanol–water partition coefficient (Wildman–Crippen LogP) is 3.55. The molecule has 23 heavy (non-hydrogen) atoms. The molecule has 1 heterocycles. The Bertz CT molecular complexity index is 748. The number of rotatable bonds is 3. The van der Waals surface area contributed by atoms with Crippen molar-refractivity contribution < 1.29 is 18.0 Å². The van der Waals surface area contributed by atoms with E-state index < -0.39 is 11.7 Å². The lowest BCUT2D eigenvalue weighted by Crippen LogP contribution is -2.16. The lowest BCUT2D eigenvalue weighted by molar-refractivity contribution is -0.138. The smallest absolute Gasteiger partial charge is 0.326 e. The van der Waals surface area contributed by atoms with Crippen molar-refractivity contribution >= 4 is 11.6 Å². The van der Waals surface area contributed by atoms with E-state index in [4.69, 9.17) is 0 Å². The van der Waals surface area contributed by atoms with Crippen LogP contribution in [0, 0.1) is 20.8 Å². The number of carbonyl (C=O) groups is 1. The molecule has 0 fully saturated rings. The Kier molecular flexibility index (Phi) is 4.49. The molecule has 2 aromatic rings. The average molecular weight is 325 g/mol. The summed E-state index contributed by atoms with van der Waals surface area (Å²) in [5.41, 5.74) is 1.89. The van der Waals surface area contributed by atoms with Gasteiger partial charge in [-0.15, -0.1) is 0 Å². The Balaban J connectivity index is 2.18. The number of hydrogen-bond donors (Lipinski definition) is 1. The van der Waals surface area contributed by atoms with Crippen LogP contribution in [0.5, 0.6) is 0 Å². The maximum absolute atomic E-state index is 12.9. The van der Waals surface area contributed by atoms with Gasteiger partial charge in [0.2, 0.25) is 5.91 Å². The number of amides is 1. The molecule has 1 aromatic carbocycles. The molecule has 0 radical (unpaired) electrons. The van der Waals surface area contributed by atoms with E-state index >= 15 is 0 Å². The van der Waals surface area contributed by atoms with Crippen LogP contribution in [0.15, 0.2) is 18.2 Å². The topological polar surface area (TPSA) is 46.9 Å². The number of benzene rings is 1. The number of alkyl halides is 3. The zero-order valence-electron chi connectivity index (χ0n) is 13.4. The zero-order chi connectivity index (χ0) is 17.4. The zero-order valence-corrected chi connectivity index (χ0v) is 13.4. The van der Waals surface area contributed by atoms with E-state index in [2.05, 4.69) is 10.4 Å². The molecule has 0 atom stereocenters. The first-order chi connectivity index (χ1) is 10.6. The lowest BCUT2D eigenvalue weighted by Gasteiger charge is -2.13. The first-order valence-corrected chi connectivity index (χ1v) is 7.06. The van der Waals surface area contributed by atoms with E-state index in [0.29, 0.717) is 0 Å². The molecule has 0 aliphatic rings. The fraction of sp³-hybridized carbons (Fsp3) is 0.375. The quantitative estimate of drug-likeness (QED) is 0.938. The Morgan fingerprint density at radius 2 is 1.91 bits per heavy atom. The summed E-state index contributed by atoms with van der Waals surface area (Å²) < 4.78 is 40.4. The highest BCUT2D eigenvalue weighted by Gasteiger charge is 2.32. The fourth-order valence-electron chi connectivity index (χ4n) is 2.44. The summed E-state index contributed by atoms with van der Waals surface area (Å²) in [7, 11) is 1.78. The Hall–Kier alpha value is -2.31. The predicted molar refractivity (Wildman–Crippen MR) is 81.2 cm³/mol. The molecule has 0 saturated carbocycles. The molecular weight excluding hydrogens is 307 g/mol. The van der Waals surface area contributed by atoms with Crippen molar-refractivity contribution in [3.8, 4) is 0 Å². The van der Waals surface area contributed by atoms with E-state index in [0.717, 1.165) is 23.0 Å². The normalized spacial score (nSPS) is 11.6. The third-order valence-electron chi connectivity index (χ3n) is 3.82. The molecule has 0 bridgehead atoms. The number of aromatic nitrogens is 2. The van der Waals surface area contributed by atoms with Gasteiger partial charge >= 0.3 is 6.18 Å². The van der Waals surface area contributed by atoms with Crippen molar-refractivity contribution in [3.05, 3.63) is 46.3 Å². The second-order valence-electron chi connectivity index (χ2n) is 5.53. The van der Waals surface area contributed by atoms with Gasteiger partial charge in [-0.05, 0) is 38.5 Å². The fourth-order valence-corrected chi connectivity index (χ4v) is 2.44. The summed E-state index contributed by atoms with van der Waals surface area (Å²) in [6.45, 7) is 5.02. The number of carbonyl (C=O) groups excluding carboxylic acids is 1. The van der Waals surface area contributed by atoms with E-state index in [9.17, 15) is 18.0 Å². The maximum Gasteiger partial charge on any atom is 0.416 e. The van der Waals surface area contributed by atoms with Crippen LogP contribution < -0.4 is 5.32 Å². The third-order valence-corrected chi connectivity index (χ3v) is 3.82. The maximum atomic E-state index is 12.9. The van der Waals surface area contributed by atoms with Crippen LogP contribution in [0.1, 0.15) is 28.1 Å². The summed E-state index contributed by atoms with van der Waals surface area (Å²) in [5, 5.41) is 6.73. The van der Waals surface area contributed by atoms with Crippen molar-refractivity contribution in [2.45, 2.75) is 33.4 Å². The second kappa shape index (κ2) is 6.06. The standard InChI is InChI=1S/C16H18F3N3O/c1-9-5-6-12(7-14(9)16(17,18)19)20-15(23)8-13-10(2)21-22(4)11(13)3/h5-7H,8H2,1-4H3,(H,20,23). The number of halogens is 3. The van der Waals surface area contributed by atoms with Gasteiger partial charge in [-0.1, -0.05) is 6.07 Å². The number of nitrogens with one attached hydrogen (secondary N) is 1. The van der Waals surface area contributed by atoms with Crippen LogP contribution in [0.4, 0.5) is 18.9 Å². The molecule has 4 nitrogen and oxygen atoms in total. The third kappa shape index (κ3) is 3.72. The minimum absolute atomic E-state index is 0.0702. The van der Waals surface area contributed by atoms with Crippen LogP contribution in [0.25, 0.3) is 0 Å². The van der Waals surface area contributed by atoms with Gasteiger partial charge in [-0.25, -0.2) is 0 Å². The number of hydrogen-bond acceptors (Lipinski definition) is 2. The first kappa shape index (κ1) is 17.1. The van der Waals surface area contributed by atoms with E-state index in [1.807, 2.05) is 6.92 Å². The second-order valence-corrected chi connectivity index (χ2v) is 5.53. The Morgan fingerprint density at radius 3 is 2.43 bits per heavy atom. The Labute approximate surface area is 132 Å². The van der Waals surface area contributed by atoms with Gasteiger partial charge in [0.25, 0.3) is 0 Å². The van der Waals surface area contributed by atoms with Gasteiger partial charge in [0.05, 0.1) is 17.7 Å². The van der Waals surface area contributed by atoms with Crippen LogP contribution >= 0.6 is 0 Å². The SMILES string of the molecule is Cc1ccc(NC(=O)Cc2c(C)nn(C)c2C)cc1C(F)(F)F. The van der Waals surface area contributed by atoms with Crippen LogP contribution in [-0.4, -0.2) is 15.7 Å². The number of anilines is 1. The molecule has 0 aliphatic carbocycles. The van der Waals surface area contributed by atoms with Gasteiger partial charge < -0.3 is 5.32 Å². The molecule has 124 valence electrons. The molecule has 1 aromatic heterocycles. The molecule has 2 rings (SSSR count). The van der Waals surface area contributed by atoms with Crippen LogP contribution in [-0.2, 0) is 24.4 Å².